The van der Waals surface area contributed by atoms with Crippen molar-refractivity contribution in [3.63, 3.8) is 0 Å². The maximum atomic E-state index is 12.3. The number of nitrogens with zero attached hydrogens (tertiary/aromatic N) is 4. The van der Waals surface area contributed by atoms with Crippen molar-refractivity contribution in [2.75, 3.05) is 44.2 Å². The van der Waals surface area contributed by atoms with Crippen molar-refractivity contribution in [3.05, 3.63) is 58.0 Å². The van der Waals surface area contributed by atoms with Gasteiger partial charge in [-0.05, 0) is 50.1 Å². The van der Waals surface area contributed by atoms with Crippen molar-refractivity contribution in [2.45, 2.75) is 33.2 Å². The monoisotopic (exact) mass is 397 g/mol. The molecular formula is C22H31N5O2. The highest BCUT2D eigenvalue weighted by Gasteiger charge is 2.17. The maximum absolute atomic E-state index is 12.3. The van der Waals surface area contributed by atoms with Crippen LogP contribution in [0.15, 0.2) is 41.2 Å². The minimum Gasteiger partial charge on any atom is -0.369 e. The molecule has 1 amide bonds. The number of nitrogens with one attached hydrogen (secondary N) is 1. The summed E-state index contributed by atoms with van der Waals surface area (Å²) in [6.45, 7) is 10.3. The summed E-state index contributed by atoms with van der Waals surface area (Å²) in [5, 5.41) is 7.06. The summed E-state index contributed by atoms with van der Waals surface area (Å²) in [4.78, 5) is 28.9. The van der Waals surface area contributed by atoms with E-state index < -0.39 is 0 Å². The van der Waals surface area contributed by atoms with E-state index in [4.69, 9.17) is 0 Å². The number of hydrogen-bond acceptors (Lipinski definition) is 5. The van der Waals surface area contributed by atoms with E-state index in [1.165, 1.54) is 28.1 Å². The van der Waals surface area contributed by atoms with Crippen LogP contribution in [-0.4, -0.2) is 59.9 Å². The molecule has 1 fully saturated rings. The first kappa shape index (κ1) is 21.0. The number of hydrogen-bond donors (Lipinski definition) is 1. The third kappa shape index (κ3) is 5.90. The van der Waals surface area contributed by atoms with Crippen LogP contribution >= 0.6 is 0 Å². The molecule has 7 heteroatoms. The van der Waals surface area contributed by atoms with Crippen molar-refractivity contribution in [2.24, 2.45) is 0 Å². The number of aromatic nitrogens is 2. The van der Waals surface area contributed by atoms with Crippen LogP contribution < -0.4 is 15.8 Å². The van der Waals surface area contributed by atoms with Crippen molar-refractivity contribution < 1.29 is 4.79 Å². The molecule has 2 aromatic rings. The highest BCUT2D eigenvalue weighted by molar-refractivity contribution is 5.91. The molecule has 1 aromatic heterocycles. The van der Waals surface area contributed by atoms with Crippen LogP contribution in [0.5, 0.6) is 0 Å². The zero-order valence-electron chi connectivity index (χ0n) is 17.4. The van der Waals surface area contributed by atoms with Gasteiger partial charge in [0.2, 0.25) is 0 Å². The van der Waals surface area contributed by atoms with E-state index >= 15 is 0 Å². The van der Waals surface area contributed by atoms with Gasteiger partial charge >= 0.3 is 0 Å². The number of aryl methyl sites for hydroxylation is 2. The van der Waals surface area contributed by atoms with Gasteiger partial charge in [-0.3, -0.25) is 14.5 Å². The fraction of sp³-hybridized carbons (Fsp3) is 0.500. The number of anilines is 1. The molecule has 0 spiro atoms. The van der Waals surface area contributed by atoms with Gasteiger partial charge in [0, 0.05) is 51.0 Å². The van der Waals surface area contributed by atoms with Crippen molar-refractivity contribution >= 4 is 11.6 Å². The second-order valence-electron chi connectivity index (χ2n) is 7.56. The lowest BCUT2D eigenvalue weighted by Crippen LogP contribution is -2.47. The molecule has 0 atom stereocenters. The number of amides is 1. The van der Waals surface area contributed by atoms with E-state index in [2.05, 4.69) is 51.4 Å². The fourth-order valence-electron chi connectivity index (χ4n) is 3.59. The van der Waals surface area contributed by atoms with Crippen molar-refractivity contribution in [3.8, 4) is 0 Å². The molecule has 7 nitrogen and oxygen atoms in total. The second kappa shape index (κ2) is 10.2. The molecule has 3 rings (SSSR count). The summed E-state index contributed by atoms with van der Waals surface area (Å²) in [5.74, 6) is -0.223. The van der Waals surface area contributed by atoms with Gasteiger partial charge in [-0.15, -0.1) is 0 Å². The van der Waals surface area contributed by atoms with Gasteiger partial charge in [0.1, 0.15) is 5.69 Å². The summed E-state index contributed by atoms with van der Waals surface area (Å²) in [6, 6.07) is 11.6. The summed E-state index contributed by atoms with van der Waals surface area (Å²) in [5.41, 5.74) is 2.71. The summed E-state index contributed by atoms with van der Waals surface area (Å²) >= 11 is 0. The zero-order chi connectivity index (χ0) is 20.6. The molecule has 156 valence electrons. The minimum absolute atomic E-state index is 0.173. The standard InChI is InChI=1S/C22H31N5O2/c1-3-11-27-21(28)9-8-20(24-27)22(29)23-10-5-12-25-13-15-26(16-14-25)19-7-4-6-18(2)17-19/h4,6-9,17H,3,5,10-16H2,1-2H3,(H,23,29). The molecule has 29 heavy (non-hydrogen) atoms. The molecule has 1 N–H and O–H groups in total. The molecule has 1 aliphatic rings. The van der Waals surface area contributed by atoms with Crippen LogP contribution in [0.25, 0.3) is 0 Å². The molecule has 0 radical (unpaired) electrons. The van der Waals surface area contributed by atoms with Gasteiger partial charge in [0.05, 0.1) is 0 Å². The Kier molecular flexibility index (Phi) is 7.41. The highest BCUT2D eigenvalue weighted by Crippen LogP contribution is 2.17. The molecule has 1 saturated heterocycles. The van der Waals surface area contributed by atoms with Crippen LogP contribution in [-0.2, 0) is 6.54 Å². The van der Waals surface area contributed by atoms with Gasteiger partial charge < -0.3 is 10.2 Å². The summed E-state index contributed by atoms with van der Waals surface area (Å²) in [6.07, 6.45) is 1.69. The number of carbonyl (C=O) groups is 1. The predicted octanol–water partition coefficient (Wildman–Crippen LogP) is 1.90. The van der Waals surface area contributed by atoms with Gasteiger partial charge in [0.25, 0.3) is 11.5 Å². The Morgan fingerprint density at radius 3 is 2.62 bits per heavy atom. The van der Waals surface area contributed by atoms with E-state index in [0.717, 1.165) is 45.6 Å². The van der Waals surface area contributed by atoms with E-state index in [0.29, 0.717) is 18.8 Å². The first-order valence-electron chi connectivity index (χ1n) is 10.5. The van der Waals surface area contributed by atoms with Crippen molar-refractivity contribution in [1.82, 2.24) is 20.0 Å². The van der Waals surface area contributed by atoms with E-state index in [-0.39, 0.29) is 11.5 Å². The highest BCUT2D eigenvalue weighted by atomic mass is 16.2. The Hall–Kier alpha value is -2.67. The lowest BCUT2D eigenvalue weighted by Gasteiger charge is -2.36. The largest absolute Gasteiger partial charge is 0.369 e. The molecule has 0 unspecified atom stereocenters. The zero-order valence-corrected chi connectivity index (χ0v) is 17.4. The molecule has 0 bridgehead atoms. The number of carbonyl (C=O) groups excluding carboxylic acids is 1. The Morgan fingerprint density at radius 2 is 1.90 bits per heavy atom. The maximum Gasteiger partial charge on any atom is 0.271 e. The number of benzene rings is 1. The SMILES string of the molecule is CCCn1nc(C(=O)NCCCN2CCN(c3cccc(C)c3)CC2)ccc1=O. The van der Waals surface area contributed by atoms with E-state index in [1.807, 2.05) is 6.92 Å². The average molecular weight is 398 g/mol. The number of rotatable bonds is 8. The minimum atomic E-state index is -0.223. The predicted molar refractivity (Wildman–Crippen MR) is 116 cm³/mol. The smallest absolute Gasteiger partial charge is 0.271 e. The first-order chi connectivity index (χ1) is 14.1. The van der Waals surface area contributed by atoms with Gasteiger partial charge in [0.15, 0.2) is 0 Å². The molecule has 1 aromatic carbocycles. The van der Waals surface area contributed by atoms with E-state index in [1.54, 1.807) is 0 Å². The molecule has 2 heterocycles. The quantitative estimate of drug-likeness (QED) is 0.689. The Morgan fingerprint density at radius 1 is 1.10 bits per heavy atom. The van der Waals surface area contributed by atoms with Crippen LogP contribution in [0.2, 0.25) is 0 Å². The van der Waals surface area contributed by atoms with Crippen LogP contribution in [0.4, 0.5) is 5.69 Å². The molecule has 0 saturated carbocycles. The molecule has 1 aliphatic heterocycles. The third-order valence-corrected chi connectivity index (χ3v) is 5.21. The van der Waals surface area contributed by atoms with Crippen molar-refractivity contribution in [1.29, 1.82) is 0 Å². The lowest BCUT2D eigenvalue weighted by molar-refractivity contribution is 0.0944. The molecule has 0 aliphatic carbocycles. The summed E-state index contributed by atoms with van der Waals surface area (Å²) in [7, 11) is 0. The van der Waals surface area contributed by atoms with Gasteiger partial charge in [-0.2, -0.15) is 5.10 Å². The third-order valence-electron chi connectivity index (χ3n) is 5.21. The normalized spacial score (nSPS) is 14.8. The molecular weight excluding hydrogens is 366 g/mol. The Labute approximate surface area is 172 Å². The topological polar surface area (TPSA) is 70.5 Å². The van der Waals surface area contributed by atoms with Gasteiger partial charge in [-0.1, -0.05) is 19.1 Å². The van der Waals surface area contributed by atoms with Crippen LogP contribution in [0.3, 0.4) is 0 Å². The van der Waals surface area contributed by atoms with Crippen LogP contribution in [0, 0.1) is 6.92 Å². The average Bonchev–Trinajstić information content (AvgIpc) is 2.73. The Balaban J connectivity index is 1.38. The first-order valence-corrected chi connectivity index (χ1v) is 10.5. The van der Waals surface area contributed by atoms with Crippen LogP contribution in [0.1, 0.15) is 35.8 Å². The second-order valence-corrected chi connectivity index (χ2v) is 7.56. The van der Waals surface area contributed by atoms with E-state index in [9.17, 15) is 9.59 Å². The van der Waals surface area contributed by atoms with Gasteiger partial charge in [-0.25, -0.2) is 4.68 Å². The lowest BCUT2D eigenvalue weighted by atomic mass is 10.2. The fourth-order valence-corrected chi connectivity index (χ4v) is 3.59. The summed E-state index contributed by atoms with van der Waals surface area (Å²) < 4.78 is 1.35. The number of piperazine rings is 1. The Bertz CT molecular complexity index is 872.